The predicted octanol–water partition coefficient (Wildman–Crippen LogP) is 4.11. The molecule has 1 heterocycles. The molecule has 0 aliphatic heterocycles. The maximum atomic E-state index is 6.03. The summed E-state index contributed by atoms with van der Waals surface area (Å²) in [4.78, 5) is 4.20. The van der Waals surface area contributed by atoms with Crippen molar-refractivity contribution in [2.45, 2.75) is 13.0 Å². The van der Waals surface area contributed by atoms with Gasteiger partial charge in [-0.1, -0.05) is 17.7 Å². The topological polar surface area (TPSA) is 24.9 Å². The summed E-state index contributed by atoms with van der Waals surface area (Å²) in [6.45, 7) is 2.09. The summed E-state index contributed by atoms with van der Waals surface area (Å²) in [7, 11) is 1.94. The summed E-state index contributed by atoms with van der Waals surface area (Å²) >= 11 is 9.49. The van der Waals surface area contributed by atoms with E-state index in [0.29, 0.717) is 0 Å². The van der Waals surface area contributed by atoms with E-state index in [1.165, 1.54) is 11.1 Å². The Morgan fingerprint density at radius 1 is 1.33 bits per heavy atom. The van der Waals surface area contributed by atoms with Crippen LogP contribution in [0.2, 0.25) is 5.02 Å². The lowest BCUT2D eigenvalue weighted by molar-refractivity contribution is 0.684. The number of nitrogens with one attached hydrogen (secondary N) is 1. The van der Waals surface area contributed by atoms with Gasteiger partial charge in [0.1, 0.15) is 0 Å². The molecule has 0 saturated carbocycles. The third kappa shape index (κ3) is 2.74. The van der Waals surface area contributed by atoms with Gasteiger partial charge in [-0.2, -0.15) is 0 Å². The summed E-state index contributed by atoms with van der Waals surface area (Å²) in [6, 6.07) is 8.10. The van der Waals surface area contributed by atoms with Gasteiger partial charge in [0, 0.05) is 16.9 Å². The number of pyridine rings is 1. The quantitative estimate of drug-likeness (QED) is 0.918. The minimum absolute atomic E-state index is 0.118. The lowest BCUT2D eigenvalue weighted by atomic mass is 9.97. The van der Waals surface area contributed by atoms with Crippen molar-refractivity contribution in [2.24, 2.45) is 0 Å². The van der Waals surface area contributed by atoms with E-state index in [1.54, 1.807) is 0 Å². The van der Waals surface area contributed by atoms with Gasteiger partial charge in [-0.3, -0.25) is 4.98 Å². The number of aryl methyl sites for hydroxylation is 1. The van der Waals surface area contributed by atoms with Gasteiger partial charge < -0.3 is 5.32 Å². The van der Waals surface area contributed by atoms with Gasteiger partial charge in [-0.05, 0) is 64.8 Å². The van der Waals surface area contributed by atoms with Gasteiger partial charge >= 0.3 is 0 Å². The Kier molecular flexibility index (Phi) is 4.38. The molecule has 94 valence electrons. The summed E-state index contributed by atoms with van der Waals surface area (Å²) in [6.07, 6.45) is 3.71. The van der Waals surface area contributed by atoms with Crippen molar-refractivity contribution >= 4 is 27.5 Å². The van der Waals surface area contributed by atoms with Crippen LogP contribution in [0.3, 0.4) is 0 Å². The maximum Gasteiger partial charge on any atom is 0.0592 e. The molecule has 18 heavy (non-hydrogen) atoms. The predicted molar refractivity (Wildman–Crippen MR) is 79.0 cm³/mol. The van der Waals surface area contributed by atoms with Crippen LogP contribution in [0.15, 0.2) is 41.1 Å². The lowest BCUT2D eigenvalue weighted by Crippen LogP contribution is -2.18. The van der Waals surface area contributed by atoms with E-state index < -0.39 is 0 Å². The van der Waals surface area contributed by atoms with E-state index in [-0.39, 0.29) is 6.04 Å². The summed E-state index contributed by atoms with van der Waals surface area (Å²) in [5.74, 6) is 0. The molecule has 2 aromatic rings. The van der Waals surface area contributed by atoms with Crippen LogP contribution in [0, 0.1) is 6.92 Å². The van der Waals surface area contributed by atoms with Gasteiger partial charge in [0.2, 0.25) is 0 Å². The van der Waals surface area contributed by atoms with Crippen molar-refractivity contribution in [1.29, 1.82) is 0 Å². The molecule has 4 heteroatoms. The number of aromatic nitrogens is 1. The van der Waals surface area contributed by atoms with Gasteiger partial charge in [0.25, 0.3) is 0 Å². The summed E-state index contributed by atoms with van der Waals surface area (Å²) in [5.41, 5.74) is 3.55. The Morgan fingerprint density at radius 2 is 2.11 bits per heavy atom. The molecule has 1 atom stereocenters. The molecule has 1 aromatic heterocycles. The molecular formula is C14H14BrClN2. The molecule has 0 fully saturated rings. The van der Waals surface area contributed by atoms with Crippen molar-refractivity contribution in [3.63, 3.8) is 0 Å². The van der Waals surface area contributed by atoms with Crippen LogP contribution in [-0.2, 0) is 0 Å². The number of hydrogen-bond acceptors (Lipinski definition) is 2. The third-order valence-electron chi connectivity index (χ3n) is 2.96. The Hall–Kier alpha value is -0.900. The lowest BCUT2D eigenvalue weighted by Gasteiger charge is -2.19. The second-order valence-electron chi connectivity index (χ2n) is 4.13. The van der Waals surface area contributed by atoms with E-state index in [4.69, 9.17) is 11.6 Å². The molecular weight excluding hydrogens is 312 g/mol. The summed E-state index contributed by atoms with van der Waals surface area (Å²) in [5, 5.41) is 4.04. The first-order valence-electron chi connectivity index (χ1n) is 5.66. The first kappa shape index (κ1) is 13.5. The molecule has 1 aromatic carbocycles. The van der Waals surface area contributed by atoms with Gasteiger partial charge in [-0.15, -0.1) is 0 Å². The number of halogens is 2. The van der Waals surface area contributed by atoms with Crippen LogP contribution in [0.5, 0.6) is 0 Å². The second kappa shape index (κ2) is 5.83. The molecule has 0 saturated heterocycles. The van der Waals surface area contributed by atoms with Crippen molar-refractivity contribution in [3.8, 4) is 0 Å². The molecule has 0 aliphatic carbocycles. The zero-order valence-electron chi connectivity index (χ0n) is 10.2. The molecule has 2 nitrogen and oxygen atoms in total. The fraction of sp³-hybridized carbons (Fsp3) is 0.214. The van der Waals surface area contributed by atoms with Crippen LogP contribution in [0.25, 0.3) is 0 Å². The van der Waals surface area contributed by atoms with Crippen LogP contribution in [-0.4, -0.2) is 12.0 Å². The molecule has 0 amide bonds. The summed E-state index contributed by atoms with van der Waals surface area (Å²) < 4.78 is 0.906. The van der Waals surface area contributed by atoms with E-state index in [2.05, 4.69) is 33.2 Å². The first-order valence-corrected chi connectivity index (χ1v) is 6.83. The highest BCUT2D eigenvalue weighted by Gasteiger charge is 2.15. The molecule has 1 N–H and O–H groups in total. The molecule has 0 spiro atoms. The average molecular weight is 326 g/mol. The van der Waals surface area contributed by atoms with Crippen molar-refractivity contribution in [1.82, 2.24) is 10.3 Å². The standard InChI is InChI=1S/C14H14BrClN2/c1-9-5-6-18-8-11(9)14(17-2)10-3-4-13(16)12(15)7-10/h3-8,14,17H,1-2H3. The molecule has 1 unspecified atom stereocenters. The third-order valence-corrected chi connectivity index (χ3v) is 4.17. The number of nitrogens with zero attached hydrogens (tertiary/aromatic N) is 1. The first-order chi connectivity index (χ1) is 8.63. The highest BCUT2D eigenvalue weighted by Crippen LogP contribution is 2.29. The molecule has 0 bridgehead atoms. The van der Waals surface area contributed by atoms with Crippen LogP contribution in [0.4, 0.5) is 0 Å². The zero-order chi connectivity index (χ0) is 13.1. The fourth-order valence-corrected chi connectivity index (χ4v) is 2.49. The van der Waals surface area contributed by atoms with E-state index >= 15 is 0 Å². The highest BCUT2D eigenvalue weighted by molar-refractivity contribution is 9.10. The Bertz CT molecular complexity index is 557. The normalized spacial score (nSPS) is 12.4. The minimum Gasteiger partial charge on any atom is -0.309 e. The largest absolute Gasteiger partial charge is 0.309 e. The van der Waals surface area contributed by atoms with E-state index in [9.17, 15) is 0 Å². The Labute approximate surface area is 121 Å². The highest BCUT2D eigenvalue weighted by atomic mass is 79.9. The van der Waals surface area contributed by atoms with E-state index in [0.717, 1.165) is 15.1 Å². The minimum atomic E-state index is 0.118. The van der Waals surface area contributed by atoms with Gasteiger partial charge in [0.05, 0.1) is 11.1 Å². The van der Waals surface area contributed by atoms with Gasteiger partial charge in [-0.25, -0.2) is 0 Å². The van der Waals surface area contributed by atoms with Crippen LogP contribution >= 0.6 is 27.5 Å². The molecule has 2 rings (SSSR count). The number of benzene rings is 1. The number of hydrogen-bond donors (Lipinski definition) is 1. The molecule has 0 radical (unpaired) electrons. The van der Waals surface area contributed by atoms with Crippen LogP contribution in [0.1, 0.15) is 22.7 Å². The monoisotopic (exact) mass is 324 g/mol. The number of rotatable bonds is 3. The average Bonchev–Trinajstić information content (AvgIpc) is 2.37. The fourth-order valence-electron chi connectivity index (χ4n) is 1.97. The Balaban J connectivity index is 2.45. The second-order valence-corrected chi connectivity index (χ2v) is 5.39. The SMILES string of the molecule is CNC(c1ccc(Cl)c(Br)c1)c1cnccc1C. The van der Waals surface area contributed by atoms with Crippen molar-refractivity contribution in [3.05, 3.63) is 62.8 Å². The smallest absolute Gasteiger partial charge is 0.0592 e. The van der Waals surface area contributed by atoms with Crippen molar-refractivity contribution in [2.75, 3.05) is 7.05 Å². The van der Waals surface area contributed by atoms with Crippen LogP contribution < -0.4 is 5.32 Å². The molecule has 0 aliphatic rings. The van der Waals surface area contributed by atoms with E-state index in [1.807, 2.05) is 43.7 Å². The maximum absolute atomic E-state index is 6.03. The van der Waals surface area contributed by atoms with Crippen molar-refractivity contribution < 1.29 is 0 Å². The zero-order valence-corrected chi connectivity index (χ0v) is 12.6. The van der Waals surface area contributed by atoms with Gasteiger partial charge in [0.15, 0.2) is 0 Å². The Morgan fingerprint density at radius 3 is 2.72 bits per heavy atom.